The van der Waals surface area contributed by atoms with E-state index in [1.165, 1.54) is 19.2 Å². The van der Waals surface area contributed by atoms with E-state index in [9.17, 15) is 14.7 Å². The number of halogens is 1. The van der Waals surface area contributed by atoms with E-state index in [4.69, 9.17) is 16.3 Å². The summed E-state index contributed by atoms with van der Waals surface area (Å²) < 4.78 is 4.72. The second-order valence-electron chi connectivity index (χ2n) is 4.61. The van der Waals surface area contributed by atoms with Crippen molar-refractivity contribution in [3.05, 3.63) is 58.1 Å². The first-order valence-electron chi connectivity index (χ1n) is 6.42. The highest BCUT2D eigenvalue weighted by Crippen LogP contribution is 2.29. The van der Waals surface area contributed by atoms with Crippen LogP contribution < -0.4 is 5.32 Å². The number of carboxylic acid groups (broad SMARTS) is 1. The smallest absolute Gasteiger partial charge is 0.339 e. The third-order valence-corrected chi connectivity index (χ3v) is 3.38. The highest BCUT2D eigenvalue weighted by molar-refractivity contribution is 6.31. The summed E-state index contributed by atoms with van der Waals surface area (Å²) in [5, 5.41) is 12.7. The molecule has 6 heteroatoms. The minimum atomic E-state index is -1.06. The summed E-state index contributed by atoms with van der Waals surface area (Å²) in [6, 6.07) is 9.55. The molecule has 0 aliphatic rings. The molecule has 0 aliphatic carbocycles. The van der Waals surface area contributed by atoms with E-state index in [2.05, 4.69) is 5.32 Å². The molecule has 0 saturated carbocycles. The maximum absolute atomic E-state index is 11.8. The quantitative estimate of drug-likeness (QED) is 0.836. The molecule has 114 valence electrons. The first-order chi connectivity index (χ1) is 10.4. The minimum absolute atomic E-state index is 0.107. The lowest BCUT2D eigenvalue weighted by molar-refractivity contribution is 0.0601. The highest BCUT2D eigenvalue weighted by atomic mass is 35.5. The zero-order valence-electron chi connectivity index (χ0n) is 12.0. The average Bonchev–Trinajstić information content (AvgIpc) is 2.48. The summed E-state index contributed by atoms with van der Waals surface area (Å²) in [6.45, 7) is 1.77. The number of carbonyl (C=O) groups is 2. The number of rotatable bonds is 4. The van der Waals surface area contributed by atoms with E-state index in [0.717, 1.165) is 5.56 Å². The van der Waals surface area contributed by atoms with Crippen LogP contribution in [0.5, 0.6) is 0 Å². The number of esters is 1. The van der Waals surface area contributed by atoms with Gasteiger partial charge in [0.1, 0.15) is 0 Å². The van der Waals surface area contributed by atoms with Gasteiger partial charge in [0.2, 0.25) is 0 Å². The number of aromatic carboxylic acids is 1. The van der Waals surface area contributed by atoms with Crippen LogP contribution >= 0.6 is 11.6 Å². The number of ether oxygens (including phenoxy) is 1. The number of benzene rings is 2. The largest absolute Gasteiger partial charge is 0.478 e. The first kappa shape index (κ1) is 15.9. The molecular weight excluding hydrogens is 306 g/mol. The van der Waals surface area contributed by atoms with Gasteiger partial charge < -0.3 is 15.2 Å². The summed E-state index contributed by atoms with van der Waals surface area (Å²) in [4.78, 5) is 23.2. The molecule has 2 aromatic rings. The van der Waals surface area contributed by atoms with Crippen LogP contribution in [-0.4, -0.2) is 24.2 Å². The van der Waals surface area contributed by atoms with Gasteiger partial charge in [0.15, 0.2) is 0 Å². The molecule has 0 aromatic heterocycles. The molecule has 22 heavy (non-hydrogen) atoms. The van der Waals surface area contributed by atoms with Crippen LogP contribution in [0, 0.1) is 6.92 Å². The fourth-order valence-corrected chi connectivity index (χ4v) is 2.23. The summed E-state index contributed by atoms with van der Waals surface area (Å²) in [7, 11) is 1.27. The van der Waals surface area contributed by atoms with Crippen molar-refractivity contribution in [3.63, 3.8) is 0 Å². The van der Waals surface area contributed by atoms with E-state index in [1.807, 2.05) is 0 Å². The Morgan fingerprint density at radius 3 is 2.55 bits per heavy atom. The molecular formula is C16H14ClNO4. The van der Waals surface area contributed by atoms with Gasteiger partial charge in [-0.2, -0.15) is 0 Å². The Balaban J connectivity index is 2.54. The highest BCUT2D eigenvalue weighted by Gasteiger charge is 2.17. The predicted octanol–water partition coefficient (Wildman–Crippen LogP) is 3.88. The molecule has 0 amide bonds. The number of anilines is 2. The molecule has 2 aromatic carbocycles. The lowest BCUT2D eigenvalue weighted by Gasteiger charge is -2.15. The van der Waals surface area contributed by atoms with Gasteiger partial charge in [-0.05, 0) is 36.8 Å². The number of hydrogen-bond acceptors (Lipinski definition) is 4. The second-order valence-corrected chi connectivity index (χ2v) is 5.05. The van der Waals surface area contributed by atoms with Crippen molar-refractivity contribution < 1.29 is 19.4 Å². The standard InChI is InChI=1S/C16H14ClNO4/c1-9-4-3-5-12(15(19)20)14(9)18-13-8-10(17)6-7-11(13)16(21)22-2/h3-8,18H,1-2H3,(H,19,20). The van der Waals surface area contributed by atoms with Crippen LogP contribution in [0.4, 0.5) is 11.4 Å². The number of carbonyl (C=O) groups excluding carboxylic acids is 1. The Labute approximate surface area is 132 Å². The molecule has 5 nitrogen and oxygen atoms in total. The predicted molar refractivity (Wildman–Crippen MR) is 84.2 cm³/mol. The zero-order chi connectivity index (χ0) is 16.3. The van der Waals surface area contributed by atoms with Gasteiger partial charge in [0.25, 0.3) is 0 Å². The topological polar surface area (TPSA) is 75.6 Å². The maximum Gasteiger partial charge on any atom is 0.339 e. The Bertz CT molecular complexity index is 743. The molecule has 0 saturated heterocycles. The lowest BCUT2D eigenvalue weighted by atomic mass is 10.1. The number of nitrogens with one attached hydrogen (secondary N) is 1. The second kappa shape index (κ2) is 6.49. The number of methoxy groups -OCH3 is 1. The van der Waals surface area contributed by atoms with Crippen molar-refractivity contribution in [3.8, 4) is 0 Å². The number of carboxylic acids is 1. The fraction of sp³-hybridized carbons (Fsp3) is 0.125. The van der Waals surface area contributed by atoms with Gasteiger partial charge in [-0.25, -0.2) is 9.59 Å². The fourth-order valence-electron chi connectivity index (χ4n) is 2.05. The summed E-state index contributed by atoms with van der Waals surface area (Å²) in [5.74, 6) is -1.60. The third kappa shape index (κ3) is 3.20. The van der Waals surface area contributed by atoms with Crippen LogP contribution in [0.25, 0.3) is 0 Å². The van der Waals surface area contributed by atoms with Crippen LogP contribution in [-0.2, 0) is 4.74 Å². The Kier molecular flexibility index (Phi) is 4.68. The van der Waals surface area contributed by atoms with Gasteiger partial charge in [-0.3, -0.25) is 0 Å². The summed E-state index contributed by atoms with van der Waals surface area (Å²) in [5.41, 5.74) is 1.90. The van der Waals surface area contributed by atoms with Crippen molar-refractivity contribution in [1.29, 1.82) is 0 Å². The van der Waals surface area contributed by atoms with Gasteiger partial charge in [-0.1, -0.05) is 23.7 Å². The molecule has 0 radical (unpaired) electrons. The lowest BCUT2D eigenvalue weighted by Crippen LogP contribution is -2.09. The Morgan fingerprint density at radius 2 is 1.91 bits per heavy atom. The molecule has 0 spiro atoms. The maximum atomic E-state index is 11.8. The number of hydrogen-bond donors (Lipinski definition) is 2. The van der Waals surface area contributed by atoms with E-state index in [1.54, 1.807) is 31.2 Å². The van der Waals surface area contributed by atoms with Gasteiger partial charge >= 0.3 is 11.9 Å². The van der Waals surface area contributed by atoms with Crippen molar-refractivity contribution in [1.82, 2.24) is 0 Å². The molecule has 0 atom stereocenters. The number of aryl methyl sites for hydroxylation is 1. The van der Waals surface area contributed by atoms with E-state index in [-0.39, 0.29) is 11.1 Å². The monoisotopic (exact) mass is 319 g/mol. The van der Waals surface area contributed by atoms with E-state index < -0.39 is 11.9 Å². The molecule has 0 heterocycles. The van der Waals surface area contributed by atoms with Crippen molar-refractivity contribution in [2.75, 3.05) is 12.4 Å². The van der Waals surface area contributed by atoms with Crippen LogP contribution in [0.1, 0.15) is 26.3 Å². The van der Waals surface area contributed by atoms with Crippen LogP contribution in [0.2, 0.25) is 5.02 Å². The Hall–Kier alpha value is -2.53. The molecule has 2 N–H and O–H groups in total. The van der Waals surface area contributed by atoms with Gasteiger partial charge in [-0.15, -0.1) is 0 Å². The Morgan fingerprint density at radius 1 is 1.18 bits per heavy atom. The SMILES string of the molecule is COC(=O)c1ccc(Cl)cc1Nc1c(C)cccc1C(=O)O. The average molecular weight is 320 g/mol. The molecule has 0 bridgehead atoms. The van der Waals surface area contributed by atoms with Crippen molar-refractivity contribution >= 4 is 34.9 Å². The van der Waals surface area contributed by atoms with E-state index in [0.29, 0.717) is 16.4 Å². The van der Waals surface area contributed by atoms with Crippen LogP contribution in [0.3, 0.4) is 0 Å². The molecule has 2 rings (SSSR count). The molecule has 0 unspecified atom stereocenters. The van der Waals surface area contributed by atoms with Crippen molar-refractivity contribution in [2.45, 2.75) is 6.92 Å². The summed E-state index contributed by atoms with van der Waals surface area (Å²) in [6.07, 6.45) is 0. The zero-order valence-corrected chi connectivity index (χ0v) is 12.8. The normalized spacial score (nSPS) is 10.1. The third-order valence-electron chi connectivity index (χ3n) is 3.15. The molecule has 0 aliphatic heterocycles. The minimum Gasteiger partial charge on any atom is -0.478 e. The van der Waals surface area contributed by atoms with Gasteiger partial charge in [0, 0.05) is 5.02 Å². The number of para-hydroxylation sites is 1. The van der Waals surface area contributed by atoms with E-state index >= 15 is 0 Å². The molecule has 0 fully saturated rings. The first-order valence-corrected chi connectivity index (χ1v) is 6.79. The van der Waals surface area contributed by atoms with Crippen LogP contribution in [0.15, 0.2) is 36.4 Å². The van der Waals surface area contributed by atoms with Gasteiger partial charge in [0.05, 0.1) is 29.6 Å². The van der Waals surface area contributed by atoms with Crippen molar-refractivity contribution in [2.24, 2.45) is 0 Å². The summed E-state index contributed by atoms with van der Waals surface area (Å²) >= 11 is 5.96.